The number of aromatic nitrogens is 2. The number of rotatable bonds is 5. The molecule has 39 heavy (non-hydrogen) atoms. The first kappa shape index (κ1) is 27.1. The van der Waals surface area contributed by atoms with Gasteiger partial charge in [0.1, 0.15) is 6.04 Å². The van der Waals surface area contributed by atoms with Crippen LogP contribution in [0.4, 0.5) is 0 Å². The SMILES string of the molecule is Cc1ccc(C(=O)N2Cc3c(ncn3Cc3ccc(C(C)(C)C)cc3)CC2C(=O)NC2CCC(N)CC2)cc1. The second-order valence-electron chi connectivity index (χ2n) is 12.4. The Balaban J connectivity index is 1.40. The number of hydrogen-bond acceptors (Lipinski definition) is 4. The number of carbonyl (C=O) groups excluding carboxylic acids is 2. The second kappa shape index (κ2) is 11.0. The van der Waals surface area contributed by atoms with Gasteiger partial charge in [0.05, 0.1) is 24.3 Å². The topological polar surface area (TPSA) is 93.2 Å². The standard InChI is InChI=1S/C32H41N5O2/c1-21-5-9-23(10-6-21)31(39)37-19-29-27(17-28(37)30(38)35-26-15-13-25(33)14-16-26)34-20-36(29)18-22-7-11-24(12-8-22)32(2,3)4/h5-12,20,25-26,28H,13-19,33H2,1-4H3,(H,35,38). The number of aryl methyl sites for hydroxylation is 1. The van der Waals surface area contributed by atoms with Crippen LogP contribution in [0.25, 0.3) is 0 Å². The molecule has 3 N–H and O–H groups in total. The number of nitrogens with one attached hydrogen (secondary N) is 1. The molecule has 7 heteroatoms. The smallest absolute Gasteiger partial charge is 0.254 e. The van der Waals surface area contributed by atoms with E-state index in [1.165, 1.54) is 11.1 Å². The first-order chi connectivity index (χ1) is 18.6. The summed E-state index contributed by atoms with van der Waals surface area (Å²) in [7, 11) is 0. The van der Waals surface area contributed by atoms with Crippen LogP contribution in [-0.4, -0.2) is 44.4 Å². The van der Waals surface area contributed by atoms with E-state index in [2.05, 4.69) is 54.9 Å². The van der Waals surface area contributed by atoms with E-state index in [0.717, 1.165) is 42.6 Å². The number of nitrogens with two attached hydrogens (primary N) is 1. The summed E-state index contributed by atoms with van der Waals surface area (Å²) >= 11 is 0. The molecule has 206 valence electrons. The summed E-state index contributed by atoms with van der Waals surface area (Å²) in [5.74, 6) is -0.234. The van der Waals surface area contributed by atoms with Crippen LogP contribution in [0.3, 0.4) is 0 Å². The van der Waals surface area contributed by atoms with E-state index < -0.39 is 6.04 Å². The number of imidazole rings is 1. The molecule has 0 saturated heterocycles. The van der Waals surface area contributed by atoms with Crippen LogP contribution < -0.4 is 11.1 Å². The minimum Gasteiger partial charge on any atom is -0.352 e. The lowest BCUT2D eigenvalue weighted by atomic mass is 9.87. The Labute approximate surface area is 231 Å². The third kappa shape index (κ3) is 6.09. The van der Waals surface area contributed by atoms with Crippen molar-refractivity contribution in [1.82, 2.24) is 19.8 Å². The maximum atomic E-state index is 13.8. The van der Waals surface area contributed by atoms with Crippen LogP contribution in [0.5, 0.6) is 0 Å². The minimum absolute atomic E-state index is 0.1000. The fraction of sp³-hybridized carbons (Fsp3) is 0.469. The lowest BCUT2D eigenvalue weighted by molar-refractivity contribution is -0.127. The van der Waals surface area contributed by atoms with E-state index in [9.17, 15) is 9.59 Å². The molecule has 1 saturated carbocycles. The Hall–Kier alpha value is -3.45. The molecule has 5 rings (SSSR count). The van der Waals surface area contributed by atoms with Crippen LogP contribution in [-0.2, 0) is 29.7 Å². The highest BCUT2D eigenvalue weighted by atomic mass is 16.2. The summed E-state index contributed by atoms with van der Waals surface area (Å²) in [6.45, 7) is 9.64. The molecule has 1 atom stereocenters. The molecular weight excluding hydrogens is 486 g/mol. The molecule has 7 nitrogen and oxygen atoms in total. The van der Waals surface area contributed by atoms with Crippen LogP contribution >= 0.6 is 0 Å². The summed E-state index contributed by atoms with van der Waals surface area (Å²) in [6.07, 6.45) is 5.82. The number of fused-ring (bicyclic) bond motifs is 1. The summed E-state index contributed by atoms with van der Waals surface area (Å²) in [5.41, 5.74) is 12.2. The lowest BCUT2D eigenvalue weighted by Crippen LogP contribution is -2.55. The maximum absolute atomic E-state index is 13.8. The van der Waals surface area contributed by atoms with Crippen LogP contribution in [0.15, 0.2) is 54.9 Å². The fourth-order valence-electron chi connectivity index (χ4n) is 5.68. The Morgan fingerprint density at radius 1 is 1.00 bits per heavy atom. The normalized spacial score (nSPS) is 21.4. The van der Waals surface area contributed by atoms with Crippen molar-refractivity contribution >= 4 is 11.8 Å². The molecule has 2 aliphatic rings. The van der Waals surface area contributed by atoms with Crippen molar-refractivity contribution in [2.45, 2.75) is 96.4 Å². The molecule has 0 spiro atoms. The van der Waals surface area contributed by atoms with Gasteiger partial charge in [0.15, 0.2) is 0 Å². The Morgan fingerprint density at radius 2 is 1.67 bits per heavy atom. The van der Waals surface area contributed by atoms with Crippen molar-refractivity contribution in [3.63, 3.8) is 0 Å². The van der Waals surface area contributed by atoms with Gasteiger partial charge in [-0.15, -0.1) is 0 Å². The number of amides is 2. The van der Waals surface area contributed by atoms with Crippen molar-refractivity contribution in [2.75, 3.05) is 0 Å². The number of carbonyl (C=O) groups is 2. The van der Waals surface area contributed by atoms with E-state index in [1.54, 1.807) is 4.90 Å². The predicted octanol–water partition coefficient (Wildman–Crippen LogP) is 4.49. The second-order valence-corrected chi connectivity index (χ2v) is 12.4. The van der Waals surface area contributed by atoms with E-state index >= 15 is 0 Å². The largest absolute Gasteiger partial charge is 0.352 e. The predicted molar refractivity (Wildman–Crippen MR) is 153 cm³/mol. The summed E-state index contributed by atoms with van der Waals surface area (Å²) in [6, 6.07) is 16.0. The molecule has 2 amide bonds. The Kier molecular flexibility index (Phi) is 7.63. The van der Waals surface area contributed by atoms with Gasteiger partial charge in [-0.2, -0.15) is 0 Å². The average Bonchev–Trinajstić information content (AvgIpc) is 3.30. The Morgan fingerprint density at radius 3 is 2.31 bits per heavy atom. The lowest BCUT2D eigenvalue weighted by Gasteiger charge is -2.36. The van der Waals surface area contributed by atoms with Gasteiger partial charge in [-0.05, 0) is 61.3 Å². The molecule has 2 aromatic carbocycles. The van der Waals surface area contributed by atoms with Gasteiger partial charge in [-0.25, -0.2) is 4.98 Å². The summed E-state index contributed by atoms with van der Waals surface area (Å²) in [4.78, 5) is 33.8. The molecule has 3 aromatic rings. The molecular formula is C32H41N5O2. The van der Waals surface area contributed by atoms with Crippen molar-refractivity contribution in [3.8, 4) is 0 Å². The van der Waals surface area contributed by atoms with Crippen molar-refractivity contribution in [1.29, 1.82) is 0 Å². The third-order valence-electron chi connectivity index (χ3n) is 8.27. The van der Waals surface area contributed by atoms with Crippen molar-refractivity contribution < 1.29 is 9.59 Å². The number of benzene rings is 2. The average molecular weight is 528 g/mol. The number of nitrogens with zero attached hydrogens (tertiary/aromatic N) is 3. The Bertz CT molecular complexity index is 1310. The van der Waals surface area contributed by atoms with Crippen LogP contribution in [0.2, 0.25) is 0 Å². The maximum Gasteiger partial charge on any atom is 0.254 e. The van der Waals surface area contributed by atoms with Gasteiger partial charge in [-0.1, -0.05) is 62.7 Å². The molecule has 0 bridgehead atoms. The summed E-state index contributed by atoms with van der Waals surface area (Å²) < 4.78 is 2.12. The quantitative estimate of drug-likeness (QED) is 0.511. The molecule has 0 radical (unpaired) electrons. The van der Waals surface area contributed by atoms with Gasteiger partial charge >= 0.3 is 0 Å². The first-order valence-corrected chi connectivity index (χ1v) is 14.1. The molecule has 1 aliphatic heterocycles. The van der Waals surface area contributed by atoms with E-state index in [1.807, 2.05) is 37.5 Å². The molecule has 1 fully saturated rings. The number of hydrogen-bond donors (Lipinski definition) is 2. The van der Waals surface area contributed by atoms with Gasteiger partial charge < -0.3 is 20.5 Å². The fourth-order valence-corrected chi connectivity index (χ4v) is 5.68. The summed E-state index contributed by atoms with van der Waals surface area (Å²) in [5, 5.41) is 3.23. The molecule has 2 heterocycles. The van der Waals surface area contributed by atoms with Gasteiger partial charge in [-0.3, -0.25) is 9.59 Å². The first-order valence-electron chi connectivity index (χ1n) is 14.1. The monoisotopic (exact) mass is 527 g/mol. The van der Waals surface area contributed by atoms with Gasteiger partial charge in [0, 0.05) is 30.6 Å². The highest BCUT2D eigenvalue weighted by molar-refractivity contribution is 5.98. The highest BCUT2D eigenvalue weighted by Crippen LogP contribution is 2.27. The molecule has 1 aromatic heterocycles. The van der Waals surface area contributed by atoms with E-state index in [0.29, 0.717) is 25.1 Å². The van der Waals surface area contributed by atoms with Crippen LogP contribution in [0.1, 0.15) is 84.9 Å². The van der Waals surface area contributed by atoms with Crippen molar-refractivity contribution in [2.24, 2.45) is 5.73 Å². The van der Waals surface area contributed by atoms with Crippen LogP contribution in [0, 0.1) is 6.92 Å². The van der Waals surface area contributed by atoms with Gasteiger partial charge in [0.25, 0.3) is 5.91 Å². The third-order valence-corrected chi connectivity index (χ3v) is 8.27. The zero-order valence-corrected chi connectivity index (χ0v) is 23.6. The van der Waals surface area contributed by atoms with E-state index in [4.69, 9.17) is 10.7 Å². The molecule has 1 aliphatic carbocycles. The minimum atomic E-state index is -0.601. The highest BCUT2D eigenvalue weighted by Gasteiger charge is 2.38. The van der Waals surface area contributed by atoms with Gasteiger partial charge in [0.2, 0.25) is 5.91 Å². The van der Waals surface area contributed by atoms with Crippen molar-refractivity contribution in [3.05, 3.63) is 88.5 Å². The zero-order chi connectivity index (χ0) is 27.7. The van der Waals surface area contributed by atoms with E-state index in [-0.39, 0.29) is 29.3 Å². The zero-order valence-electron chi connectivity index (χ0n) is 23.6. The molecule has 1 unspecified atom stereocenters.